The van der Waals surface area contributed by atoms with Gasteiger partial charge in [0, 0.05) is 26.2 Å². The Hall–Kier alpha value is -2.25. The van der Waals surface area contributed by atoms with Crippen LogP contribution in [0.2, 0.25) is 5.02 Å². The first kappa shape index (κ1) is 22.0. The molecule has 0 aliphatic heterocycles. The van der Waals surface area contributed by atoms with Gasteiger partial charge >= 0.3 is 0 Å². The minimum atomic E-state index is -3.71. The fourth-order valence-corrected chi connectivity index (χ4v) is 3.83. The summed E-state index contributed by atoms with van der Waals surface area (Å²) >= 11 is 5.83. The van der Waals surface area contributed by atoms with Crippen molar-refractivity contribution >= 4 is 33.2 Å². The van der Waals surface area contributed by atoms with Gasteiger partial charge < -0.3 is 9.64 Å². The number of likely N-dealkylation sites (N-methyl/N-ethyl adjacent to an activating group) is 1. The molecule has 1 amide bonds. The first-order valence-corrected chi connectivity index (χ1v) is 10.6. The smallest absolute Gasteiger partial charge is 0.264 e. The van der Waals surface area contributed by atoms with Crippen LogP contribution in [0.25, 0.3) is 0 Å². The zero-order valence-corrected chi connectivity index (χ0v) is 18.2. The average Bonchev–Trinajstić information content (AvgIpc) is 2.65. The highest BCUT2D eigenvalue weighted by Crippen LogP contribution is 2.26. The molecule has 0 aliphatic rings. The molecule has 0 saturated carbocycles. The lowest BCUT2D eigenvalue weighted by Gasteiger charge is -2.25. The van der Waals surface area contributed by atoms with E-state index in [0.29, 0.717) is 16.5 Å². The Labute approximate surface area is 171 Å². The van der Waals surface area contributed by atoms with Crippen LogP contribution in [0.3, 0.4) is 0 Å². The summed E-state index contributed by atoms with van der Waals surface area (Å²) in [5.74, 6) is 0.360. The van der Waals surface area contributed by atoms with Crippen molar-refractivity contribution in [1.82, 2.24) is 4.90 Å². The summed E-state index contributed by atoms with van der Waals surface area (Å²) in [6.07, 6.45) is -0.614. The van der Waals surface area contributed by atoms with E-state index in [1.807, 2.05) is 13.8 Å². The van der Waals surface area contributed by atoms with E-state index in [1.165, 1.54) is 40.5 Å². The molecule has 0 spiro atoms. The number of carbonyl (C=O) groups is 1. The summed E-state index contributed by atoms with van der Waals surface area (Å²) in [5, 5.41) is 0.468. The second-order valence-electron chi connectivity index (χ2n) is 6.94. The van der Waals surface area contributed by atoms with E-state index in [1.54, 1.807) is 38.4 Å². The van der Waals surface area contributed by atoms with Crippen LogP contribution in [-0.2, 0) is 14.8 Å². The molecule has 0 radical (unpaired) electrons. The quantitative estimate of drug-likeness (QED) is 0.680. The molecular formula is C20H25ClN2O4S. The van der Waals surface area contributed by atoms with Crippen LogP contribution < -0.4 is 9.04 Å². The standard InChI is InChI=1S/C20H25ClN2O4S/c1-14(2)19(20(24)22(3)4)27-17-10-8-16(9-11-17)23(5)28(25,26)18-12-6-15(21)7-13-18/h6-14,19H,1-5H3/t19-/m0/s1. The summed E-state index contributed by atoms with van der Waals surface area (Å²) in [6, 6.07) is 12.6. The minimum absolute atomic E-state index is 0.0115. The van der Waals surface area contributed by atoms with E-state index in [9.17, 15) is 13.2 Å². The van der Waals surface area contributed by atoms with Gasteiger partial charge in [-0.1, -0.05) is 25.4 Å². The SMILES string of the molecule is CC(C)[C@H](Oc1ccc(N(C)S(=O)(=O)c2ccc(Cl)cc2)cc1)C(=O)N(C)C. The normalized spacial score (nSPS) is 12.5. The van der Waals surface area contributed by atoms with Gasteiger partial charge in [0.15, 0.2) is 6.10 Å². The van der Waals surface area contributed by atoms with Gasteiger partial charge in [0.1, 0.15) is 5.75 Å². The number of amides is 1. The van der Waals surface area contributed by atoms with Crippen molar-refractivity contribution < 1.29 is 17.9 Å². The monoisotopic (exact) mass is 424 g/mol. The van der Waals surface area contributed by atoms with Crippen LogP contribution in [0.4, 0.5) is 5.69 Å². The van der Waals surface area contributed by atoms with Crippen molar-refractivity contribution in [2.24, 2.45) is 5.92 Å². The fraction of sp³-hybridized carbons (Fsp3) is 0.350. The van der Waals surface area contributed by atoms with Gasteiger partial charge in [0.2, 0.25) is 0 Å². The summed E-state index contributed by atoms with van der Waals surface area (Å²) in [4.78, 5) is 13.9. The van der Waals surface area contributed by atoms with Crippen molar-refractivity contribution in [3.05, 3.63) is 53.6 Å². The maximum atomic E-state index is 12.8. The molecule has 2 rings (SSSR count). The molecule has 2 aromatic rings. The number of ether oxygens (including phenoxy) is 1. The highest BCUT2D eigenvalue weighted by atomic mass is 35.5. The number of nitrogens with zero attached hydrogens (tertiary/aromatic N) is 2. The maximum absolute atomic E-state index is 12.8. The Kier molecular flexibility index (Phi) is 6.96. The number of carbonyl (C=O) groups excluding carboxylic acids is 1. The topological polar surface area (TPSA) is 66.9 Å². The van der Waals surface area contributed by atoms with E-state index < -0.39 is 16.1 Å². The number of hydrogen-bond acceptors (Lipinski definition) is 4. The Morgan fingerprint density at radius 1 is 0.964 bits per heavy atom. The molecule has 0 N–H and O–H groups in total. The zero-order valence-electron chi connectivity index (χ0n) is 16.6. The Balaban J connectivity index is 2.21. The zero-order chi connectivity index (χ0) is 21.1. The van der Waals surface area contributed by atoms with Gasteiger partial charge in [0.05, 0.1) is 10.6 Å². The van der Waals surface area contributed by atoms with Crippen LogP contribution in [-0.4, -0.2) is 46.5 Å². The first-order valence-electron chi connectivity index (χ1n) is 8.76. The summed E-state index contributed by atoms with van der Waals surface area (Å²) in [6.45, 7) is 3.82. The molecular weight excluding hydrogens is 400 g/mol. The minimum Gasteiger partial charge on any atom is -0.480 e. The summed E-state index contributed by atoms with van der Waals surface area (Å²) in [5.41, 5.74) is 0.474. The molecule has 0 aromatic heterocycles. The lowest BCUT2D eigenvalue weighted by molar-refractivity contribution is -0.138. The molecule has 152 valence electrons. The molecule has 0 unspecified atom stereocenters. The van der Waals surface area contributed by atoms with Gasteiger partial charge in [-0.2, -0.15) is 0 Å². The Morgan fingerprint density at radius 3 is 1.96 bits per heavy atom. The van der Waals surface area contributed by atoms with Crippen LogP contribution in [0, 0.1) is 5.92 Å². The number of halogens is 1. The highest BCUT2D eigenvalue weighted by Gasteiger charge is 2.26. The molecule has 0 fully saturated rings. The third-order valence-corrected chi connectivity index (χ3v) is 6.28. The van der Waals surface area contributed by atoms with Crippen molar-refractivity contribution in [2.45, 2.75) is 24.8 Å². The lowest BCUT2D eigenvalue weighted by Crippen LogP contribution is -2.41. The second kappa shape index (κ2) is 8.84. The van der Waals surface area contributed by atoms with Crippen molar-refractivity contribution in [2.75, 3.05) is 25.4 Å². The molecule has 0 saturated heterocycles. The van der Waals surface area contributed by atoms with E-state index in [2.05, 4.69) is 0 Å². The lowest BCUT2D eigenvalue weighted by atomic mass is 10.1. The maximum Gasteiger partial charge on any atom is 0.264 e. The van der Waals surface area contributed by atoms with Crippen LogP contribution in [0.5, 0.6) is 5.75 Å². The molecule has 0 bridgehead atoms. The predicted octanol–water partition coefficient (Wildman–Crippen LogP) is 3.66. The molecule has 0 aliphatic carbocycles. The first-order chi connectivity index (χ1) is 13.0. The molecule has 0 heterocycles. The van der Waals surface area contributed by atoms with E-state index in [4.69, 9.17) is 16.3 Å². The summed E-state index contributed by atoms with van der Waals surface area (Å²) in [7, 11) is 1.13. The molecule has 8 heteroatoms. The highest BCUT2D eigenvalue weighted by molar-refractivity contribution is 7.92. The van der Waals surface area contributed by atoms with Crippen molar-refractivity contribution in [1.29, 1.82) is 0 Å². The Bertz CT molecular complexity index is 910. The molecule has 2 aromatic carbocycles. The van der Waals surface area contributed by atoms with Gasteiger partial charge in [-0.3, -0.25) is 9.10 Å². The van der Waals surface area contributed by atoms with Crippen molar-refractivity contribution in [3.8, 4) is 5.75 Å². The number of rotatable bonds is 7. The predicted molar refractivity (Wildman–Crippen MR) is 111 cm³/mol. The van der Waals surface area contributed by atoms with Gasteiger partial charge in [-0.25, -0.2) is 8.42 Å². The van der Waals surface area contributed by atoms with Crippen LogP contribution in [0.15, 0.2) is 53.4 Å². The molecule has 28 heavy (non-hydrogen) atoms. The van der Waals surface area contributed by atoms with Crippen molar-refractivity contribution in [3.63, 3.8) is 0 Å². The van der Waals surface area contributed by atoms with E-state index in [-0.39, 0.29) is 16.7 Å². The average molecular weight is 425 g/mol. The Morgan fingerprint density at radius 2 is 1.50 bits per heavy atom. The summed E-state index contributed by atoms with van der Waals surface area (Å²) < 4.78 is 32.6. The second-order valence-corrected chi connectivity index (χ2v) is 9.34. The fourth-order valence-electron chi connectivity index (χ4n) is 2.51. The van der Waals surface area contributed by atoms with Crippen LogP contribution in [0.1, 0.15) is 13.8 Å². The van der Waals surface area contributed by atoms with E-state index in [0.717, 1.165) is 0 Å². The largest absolute Gasteiger partial charge is 0.480 e. The number of anilines is 1. The van der Waals surface area contributed by atoms with Gasteiger partial charge in [0.25, 0.3) is 15.9 Å². The van der Waals surface area contributed by atoms with Gasteiger partial charge in [-0.05, 0) is 54.4 Å². The number of hydrogen-bond donors (Lipinski definition) is 0. The molecule has 6 nitrogen and oxygen atoms in total. The molecule has 1 atom stereocenters. The number of benzene rings is 2. The van der Waals surface area contributed by atoms with Gasteiger partial charge in [-0.15, -0.1) is 0 Å². The van der Waals surface area contributed by atoms with Crippen LogP contribution >= 0.6 is 11.6 Å². The van der Waals surface area contributed by atoms with E-state index >= 15 is 0 Å². The third kappa shape index (κ3) is 4.97. The number of sulfonamides is 1. The third-order valence-electron chi connectivity index (χ3n) is 4.23.